The molecule has 3 heteroatoms. The maximum atomic E-state index is 10.6. The Hall–Kier alpha value is -1.06. The van der Waals surface area contributed by atoms with Crippen molar-refractivity contribution in [2.24, 2.45) is 0 Å². The van der Waals surface area contributed by atoms with Crippen LogP contribution in [0.5, 0.6) is 5.75 Å². The van der Waals surface area contributed by atoms with Crippen LogP contribution in [0.4, 0.5) is 0 Å². The van der Waals surface area contributed by atoms with Gasteiger partial charge in [-0.05, 0) is 34.9 Å². The van der Waals surface area contributed by atoms with Crippen molar-refractivity contribution in [3.63, 3.8) is 0 Å². The molecule has 1 aromatic carbocycles. The SMILES string of the molecule is CCc1cc(CCN2CCNCC2)c(O)c(C(C)(C)C)c1. The van der Waals surface area contributed by atoms with E-state index in [9.17, 15) is 5.11 Å². The zero-order valence-electron chi connectivity index (χ0n) is 14.0. The Kier molecular flexibility index (Phi) is 5.28. The number of aromatic hydroxyl groups is 1. The van der Waals surface area contributed by atoms with Crippen molar-refractivity contribution in [3.05, 3.63) is 28.8 Å². The summed E-state index contributed by atoms with van der Waals surface area (Å²) in [7, 11) is 0. The number of phenols is 1. The zero-order chi connectivity index (χ0) is 15.5. The molecule has 0 aromatic heterocycles. The highest BCUT2D eigenvalue weighted by Gasteiger charge is 2.21. The molecule has 0 bridgehead atoms. The molecule has 0 saturated carbocycles. The Morgan fingerprint density at radius 2 is 1.86 bits per heavy atom. The summed E-state index contributed by atoms with van der Waals surface area (Å²) in [4.78, 5) is 2.48. The van der Waals surface area contributed by atoms with Gasteiger partial charge in [-0.15, -0.1) is 0 Å². The molecule has 0 amide bonds. The molecule has 1 aliphatic rings. The number of aryl methyl sites for hydroxylation is 1. The first-order valence-corrected chi connectivity index (χ1v) is 8.20. The van der Waals surface area contributed by atoms with Gasteiger partial charge in [-0.25, -0.2) is 0 Å². The lowest BCUT2D eigenvalue weighted by atomic mass is 9.83. The topological polar surface area (TPSA) is 35.5 Å². The van der Waals surface area contributed by atoms with Crippen molar-refractivity contribution < 1.29 is 5.11 Å². The van der Waals surface area contributed by atoms with E-state index in [0.29, 0.717) is 5.75 Å². The second kappa shape index (κ2) is 6.80. The lowest BCUT2D eigenvalue weighted by molar-refractivity contribution is 0.243. The minimum absolute atomic E-state index is 0.0148. The number of benzene rings is 1. The number of rotatable bonds is 4. The van der Waals surface area contributed by atoms with Gasteiger partial charge in [0.05, 0.1) is 0 Å². The summed E-state index contributed by atoms with van der Waals surface area (Å²) in [5, 5.41) is 14.0. The van der Waals surface area contributed by atoms with Gasteiger partial charge >= 0.3 is 0 Å². The summed E-state index contributed by atoms with van der Waals surface area (Å²) in [5.74, 6) is 0.509. The molecule has 0 aliphatic carbocycles. The molecular weight excluding hydrogens is 260 g/mol. The minimum atomic E-state index is -0.0148. The van der Waals surface area contributed by atoms with Crippen LogP contribution >= 0.6 is 0 Å². The van der Waals surface area contributed by atoms with Crippen molar-refractivity contribution in [1.82, 2.24) is 10.2 Å². The standard InChI is InChI=1S/C18H30N2O/c1-5-14-12-15(6-9-20-10-7-19-8-11-20)17(21)16(13-14)18(2,3)4/h12-13,19,21H,5-11H2,1-4H3. The Balaban J connectivity index is 2.17. The monoisotopic (exact) mass is 290 g/mol. The lowest BCUT2D eigenvalue weighted by Gasteiger charge is -2.28. The van der Waals surface area contributed by atoms with Crippen LogP contribution in [-0.4, -0.2) is 42.7 Å². The van der Waals surface area contributed by atoms with Gasteiger partial charge in [-0.2, -0.15) is 0 Å². The second-order valence-electron chi connectivity index (χ2n) is 7.10. The molecule has 21 heavy (non-hydrogen) atoms. The molecule has 0 spiro atoms. The fraction of sp³-hybridized carbons (Fsp3) is 0.667. The largest absolute Gasteiger partial charge is 0.507 e. The summed E-state index contributed by atoms with van der Waals surface area (Å²) in [6.07, 6.45) is 1.95. The van der Waals surface area contributed by atoms with E-state index >= 15 is 0 Å². The van der Waals surface area contributed by atoms with Crippen LogP contribution in [-0.2, 0) is 18.3 Å². The predicted octanol–water partition coefficient (Wildman–Crippen LogP) is 2.70. The van der Waals surface area contributed by atoms with E-state index in [1.165, 1.54) is 5.56 Å². The molecule has 118 valence electrons. The van der Waals surface area contributed by atoms with Crippen LogP contribution in [0.15, 0.2) is 12.1 Å². The molecule has 3 nitrogen and oxygen atoms in total. The van der Waals surface area contributed by atoms with Crippen molar-refractivity contribution in [3.8, 4) is 5.75 Å². The second-order valence-corrected chi connectivity index (χ2v) is 7.10. The first-order valence-electron chi connectivity index (χ1n) is 8.20. The molecule has 1 aromatic rings. The third kappa shape index (κ3) is 4.21. The van der Waals surface area contributed by atoms with E-state index in [1.54, 1.807) is 0 Å². The van der Waals surface area contributed by atoms with Crippen molar-refractivity contribution in [1.29, 1.82) is 0 Å². The molecule has 1 aliphatic heterocycles. The summed E-state index contributed by atoms with van der Waals surface area (Å²) in [5.41, 5.74) is 3.50. The molecule has 1 fully saturated rings. The highest BCUT2D eigenvalue weighted by molar-refractivity contribution is 5.47. The number of hydrogen-bond acceptors (Lipinski definition) is 3. The molecule has 2 N–H and O–H groups in total. The molecule has 0 atom stereocenters. The third-order valence-corrected chi connectivity index (χ3v) is 4.37. The van der Waals surface area contributed by atoms with Gasteiger partial charge < -0.3 is 15.3 Å². The van der Waals surface area contributed by atoms with Gasteiger partial charge in [0, 0.05) is 32.7 Å². The van der Waals surface area contributed by atoms with Crippen molar-refractivity contribution in [2.75, 3.05) is 32.7 Å². The van der Waals surface area contributed by atoms with Crippen LogP contribution in [0.3, 0.4) is 0 Å². The fourth-order valence-electron chi connectivity index (χ4n) is 2.94. The number of hydrogen-bond donors (Lipinski definition) is 2. The van der Waals surface area contributed by atoms with Gasteiger partial charge in [-0.1, -0.05) is 39.8 Å². The van der Waals surface area contributed by atoms with Crippen LogP contribution < -0.4 is 5.32 Å². The Morgan fingerprint density at radius 3 is 2.43 bits per heavy atom. The third-order valence-electron chi connectivity index (χ3n) is 4.37. The van der Waals surface area contributed by atoms with E-state index in [4.69, 9.17) is 0 Å². The fourth-order valence-corrected chi connectivity index (χ4v) is 2.94. The van der Waals surface area contributed by atoms with Gasteiger partial charge in [0.1, 0.15) is 5.75 Å². The number of piperazine rings is 1. The van der Waals surface area contributed by atoms with E-state index in [1.807, 2.05) is 0 Å². The summed E-state index contributed by atoms with van der Waals surface area (Å²) in [6.45, 7) is 14.1. The predicted molar refractivity (Wildman–Crippen MR) is 89.2 cm³/mol. The maximum absolute atomic E-state index is 10.6. The number of phenolic OH excluding ortho intramolecular Hbond substituents is 1. The molecule has 1 saturated heterocycles. The van der Waals surface area contributed by atoms with E-state index < -0.39 is 0 Å². The average Bonchev–Trinajstić information content (AvgIpc) is 2.46. The van der Waals surface area contributed by atoms with Gasteiger partial charge in [0.2, 0.25) is 0 Å². The van der Waals surface area contributed by atoms with E-state index in [0.717, 1.165) is 56.7 Å². The van der Waals surface area contributed by atoms with E-state index in [2.05, 4.69) is 50.0 Å². The molecule has 0 unspecified atom stereocenters. The van der Waals surface area contributed by atoms with Crippen LogP contribution in [0.1, 0.15) is 44.4 Å². The van der Waals surface area contributed by atoms with Gasteiger partial charge in [0.15, 0.2) is 0 Å². The quantitative estimate of drug-likeness (QED) is 0.895. The first-order chi connectivity index (χ1) is 9.91. The van der Waals surface area contributed by atoms with Crippen LogP contribution in [0.2, 0.25) is 0 Å². The Labute approximate surface area is 129 Å². The first kappa shape index (κ1) is 16.3. The maximum Gasteiger partial charge on any atom is 0.122 e. The average molecular weight is 290 g/mol. The Bertz CT molecular complexity index is 471. The van der Waals surface area contributed by atoms with Crippen LogP contribution in [0.25, 0.3) is 0 Å². The van der Waals surface area contributed by atoms with Crippen molar-refractivity contribution in [2.45, 2.75) is 46.0 Å². The van der Waals surface area contributed by atoms with Crippen molar-refractivity contribution >= 4 is 0 Å². The van der Waals surface area contributed by atoms with Gasteiger partial charge in [-0.3, -0.25) is 0 Å². The van der Waals surface area contributed by atoms with Crippen LogP contribution in [0, 0.1) is 0 Å². The molecule has 1 heterocycles. The molecular formula is C18H30N2O. The normalized spacial score (nSPS) is 17.1. The number of nitrogens with zero attached hydrogens (tertiary/aromatic N) is 1. The lowest BCUT2D eigenvalue weighted by Crippen LogP contribution is -2.44. The summed E-state index contributed by atoms with van der Waals surface area (Å²) in [6, 6.07) is 4.36. The minimum Gasteiger partial charge on any atom is -0.507 e. The smallest absolute Gasteiger partial charge is 0.122 e. The number of nitrogens with one attached hydrogen (secondary N) is 1. The highest BCUT2D eigenvalue weighted by Crippen LogP contribution is 2.35. The van der Waals surface area contributed by atoms with Gasteiger partial charge in [0.25, 0.3) is 0 Å². The Morgan fingerprint density at radius 1 is 1.19 bits per heavy atom. The summed E-state index contributed by atoms with van der Waals surface area (Å²) >= 11 is 0. The highest BCUT2D eigenvalue weighted by atomic mass is 16.3. The zero-order valence-corrected chi connectivity index (χ0v) is 14.0. The molecule has 2 rings (SSSR count). The molecule has 0 radical (unpaired) electrons. The van der Waals surface area contributed by atoms with E-state index in [-0.39, 0.29) is 5.41 Å². The summed E-state index contributed by atoms with van der Waals surface area (Å²) < 4.78 is 0.